The average Bonchev–Trinajstić information content (AvgIpc) is 2.98. The Bertz CT molecular complexity index is 1620. The second-order valence-electron chi connectivity index (χ2n) is 9.77. The van der Waals surface area contributed by atoms with Crippen LogP contribution in [-0.2, 0) is 9.59 Å². The van der Waals surface area contributed by atoms with Crippen LogP contribution in [0.15, 0.2) is 78.8 Å². The second-order valence-corrected chi connectivity index (χ2v) is 9.77. The fourth-order valence-electron chi connectivity index (χ4n) is 4.61. The summed E-state index contributed by atoms with van der Waals surface area (Å²) in [6, 6.07) is 14.4. The first-order valence-corrected chi connectivity index (χ1v) is 13.0. The van der Waals surface area contributed by atoms with E-state index in [1.807, 2.05) is 18.7 Å². The van der Waals surface area contributed by atoms with E-state index in [4.69, 9.17) is 14.2 Å². The molecule has 10 heteroatoms. The summed E-state index contributed by atoms with van der Waals surface area (Å²) in [6.07, 6.45) is 4.68. The van der Waals surface area contributed by atoms with Crippen LogP contribution in [0.25, 0.3) is 10.9 Å². The van der Waals surface area contributed by atoms with Crippen LogP contribution < -0.4 is 19.5 Å². The smallest absolute Gasteiger partial charge is 0.261 e. The molecule has 1 N–H and O–H groups in total. The van der Waals surface area contributed by atoms with Crippen molar-refractivity contribution >= 4 is 28.4 Å². The SMILES string of the molecule is COc1cc2nccc(Oc3ccc(NC(=O)C4=CN(C(C)C)CC(c5ccc(F)cc5)C4=O)nc3)c2cc1OC. The van der Waals surface area contributed by atoms with Gasteiger partial charge in [0.1, 0.15) is 23.1 Å². The molecule has 210 valence electrons. The topological polar surface area (TPSA) is 103 Å². The van der Waals surface area contributed by atoms with E-state index in [0.717, 1.165) is 5.39 Å². The van der Waals surface area contributed by atoms with Crippen molar-refractivity contribution in [1.82, 2.24) is 14.9 Å². The van der Waals surface area contributed by atoms with Crippen molar-refractivity contribution < 1.29 is 28.2 Å². The predicted octanol–water partition coefficient (Wildman–Crippen LogP) is 5.48. The van der Waals surface area contributed by atoms with E-state index in [0.29, 0.717) is 40.6 Å². The van der Waals surface area contributed by atoms with Gasteiger partial charge >= 0.3 is 0 Å². The summed E-state index contributed by atoms with van der Waals surface area (Å²) >= 11 is 0. The molecular formula is C31H29FN4O5. The Balaban J connectivity index is 1.33. The minimum Gasteiger partial charge on any atom is -0.493 e. The summed E-state index contributed by atoms with van der Waals surface area (Å²) in [5, 5.41) is 3.43. The number of anilines is 1. The maximum atomic E-state index is 13.5. The molecule has 1 aliphatic rings. The number of amides is 1. The normalized spacial score (nSPS) is 15.1. The summed E-state index contributed by atoms with van der Waals surface area (Å²) in [5.41, 5.74) is 1.32. The van der Waals surface area contributed by atoms with Gasteiger partial charge in [0.25, 0.3) is 5.91 Å². The Morgan fingerprint density at radius 2 is 1.73 bits per heavy atom. The van der Waals surface area contributed by atoms with Gasteiger partial charge in [-0.15, -0.1) is 0 Å². The van der Waals surface area contributed by atoms with Gasteiger partial charge in [0.2, 0.25) is 0 Å². The highest BCUT2D eigenvalue weighted by Gasteiger charge is 2.34. The summed E-state index contributed by atoms with van der Waals surface area (Å²) in [7, 11) is 3.11. The van der Waals surface area contributed by atoms with Crippen LogP contribution in [0.1, 0.15) is 25.3 Å². The van der Waals surface area contributed by atoms with Crippen molar-refractivity contribution in [2.45, 2.75) is 25.8 Å². The Kier molecular flexibility index (Phi) is 7.82. The molecule has 4 aromatic rings. The molecule has 1 aliphatic heterocycles. The van der Waals surface area contributed by atoms with Gasteiger partial charge in [-0.2, -0.15) is 0 Å². The number of rotatable bonds is 8. The van der Waals surface area contributed by atoms with Crippen molar-refractivity contribution in [3.05, 3.63) is 90.1 Å². The van der Waals surface area contributed by atoms with Crippen molar-refractivity contribution in [3.63, 3.8) is 0 Å². The number of carbonyl (C=O) groups is 2. The van der Waals surface area contributed by atoms with Gasteiger partial charge < -0.3 is 24.4 Å². The number of hydrogen-bond donors (Lipinski definition) is 1. The fraction of sp³-hybridized carbons (Fsp3) is 0.226. The molecule has 1 amide bonds. The number of aromatic nitrogens is 2. The lowest BCUT2D eigenvalue weighted by Crippen LogP contribution is -2.41. The summed E-state index contributed by atoms with van der Waals surface area (Å²) < 4.78 is 30.3. The highest BCUT2D eigenvalue weighted by molar-refractivity contribution is 6.25. The van der Waals surface area contributed by atoms with Gasteiger partial charge in [-0.3, -0.25) is 14.6 Å². The van der Waals surface area contributed by atoms with Crippen molar-refractivity contribution in [2.24, 2.45) is 0 Å². The van der Waals surface area contributed by atoms with Crippen LogP contribution in [0.5, 0.6) is 23.0 Å². The van der Waals surface area contributed by atoms with Gasteiger partial charge in [-0.05, 0) is 55.8 Å². The molecule has 0 fully saturated rings. The van der Waals surface area contributed by atoms with Crippen molar-refractivity contribution in [1.29, 1.82) is 0 Å². The zero-order valence-electron chi connectivity index (χ0n) is 23.1. The number of ether oxygens (including phenoxy) is 3. The number of pyridine rings is 2. The monoisotopic (exact) mass is 556 g/mol. The van der Waals surface area contributed by atoms with Crippen LogP contribution in [0.2, 0.25) is 0 Å². The number of nitrogens with zero attached hydrogens (tertiary/aromatic N) is 3. The molecule has 0 spiro atoms. The maximum absolute atomic E-state index is 13.5. The molecule has 0 aliphatic carbocycles. The van der Waals surface area contributed by atoms with E-state index < -0.39 is 11.8 Å². The molecular weight excluding hydrogens is 527 g/mol. The lowest BCUT2D eigenvalue weighted by molar-refractivity contribution is -0.122. The van der Waals surface area contributed by atoms with E-state index in [2.05, 4.69) is 15.3 Å². The Morgan fingerprint density at radius 3 is 2.39 bits per heavy atom. The summed E-state index contributed by atoms with van der Waals surface area (Å²) in [4.78, 5) is 37.2. The molecule has 0 radical (unpaired) electrons. The number of Topliss-reactive ketones (excluding diaryl/α,β-unsaturated/α-hetero) is 1. The van der Waals surface area contributed by atoms with Crippen LogP contribution in [0.4, 0.5) is 10.2 Å². The number of ketones is 1. The van der Waals surface area contributed by atoms with Gasteiger partial charge in [0, 0.05) is 36.4 Å². The maximum Gasteiger partial charge on any atom is 0.261 e. The zero-order valence-corrected chi connectivity index (χ0v) is 23.1. The lowest BCUT2D eigenvalue weighted by atomic mass is 9.87. The molecule has 5 rings (SSSR count). The third-order valence-electron chi connectivity index (χ3n) is 6.86. The van der Waals surface area contributed by atoms with E-state index >= 15 is 0 Å². The molecule has 0 saturated heterocycles. The highest BCUT2D eigenvalue weighted by Crippen LogP contribution is 2.37. The zero-order chi connectivity index (χ0) is 29.1. The molecule has 0 saturated carbocycles. The minimum absolute atomic E-state index is 0.00836. The second kappa shape index (κ2) is 11.6. The number of carbonyl (C=O) groups excluding carboxylic acids is 2. The molecule has 2 aromatic heterocycles. The van der Waals surface area contributed by atoms with Crippen LogP contribution in [-0.4, -0.2) is 53.4 Å². The van der Waals surface area contributed by atoms with Gasteiger partial charge in [-0.1, -0.05) is 12.1 Å². The van der Waals surface area contributed by atoms with Gasteiger partial charge in [0.15, 0.2) is 17.3 Å². The van der Waals surface area contributed by atoms with Gasteiger partial charge in [-0.25, -0.2) is 9.37 Å². The van der Waals surface area contributed by atoms with Crippen molar-refractivity contribution in [2.75, 3.05) is 26.1 Å². The number of halogens is 1. The standard InChI is InChI=1S/C31H29FN4O5/c1-18(2)36-16-23(19-5-7-20(32)8-6-19)30(37)24(17-36)31(38)35-29-10-9-21(15-34-29)41-26-11-12-33-25-14-28(40-4)27(39-3)13-22(25)26/h5-15,17-18,23H,16H2,1-4H3,(H,34,35,38). The average molecular weight is 557 g/mol. The number of nitrogens with one attached hydrogen (secondary N) is 1. The van der Waals surface area contributed by atoms with E-state index in [9.17, 15) is 14.0 Å². The van der Waals surface area contributed by atoms with Crippen LogP contribution in [0, 0.1) is 5.82 Å². The number of methoxy groups -OCH3 is 2. The third kappa shape index (κ3) is 5.81. The molecule has 3 heterocycles. The fourth-order valence-corrected chi connectivity index (χ4v) is 4.61. The predicted molar refractivity (Wildman–Crippen MR) is 152 cm³/mol. The van der Waals surface area contributed by atoms with Crippen LogP contribution >= 0.6 is 0 Å². The summed E-state index contributed by atoms with van der Waals surface area (Å²) in [6.45, 7) is 4.34. The molecule has 0 bridgehead atoms. The van der Waals surface area contributed by atoms with Crippen LogP contribution in [0.3, 0.4) is 0 Å². The number of hydrogen-bond acceptors (Lipinski definition) is 8. The Hall–Kier alpha value is -4.99. The molecule has 1 atom stereocenters. The molecule has 1 unspecified atom stereocenters. The Morgan fingerprint density at radius 1 is 1.00 bits per heavy atom. The molecule has 41 heavy (non-hydrogen) atoms. The first kappa shape index (κ1) is 27.6. The molecule has 9 nitrogen and oxygen atoms in total. The lowest BCUT2D eigenvalue weighted by Gasteiger charge is -2.34. The highest BCUT2D eigenvalue weighted by atomic mass is 19.1. The first-order valence-electron chi connectivity index (χ1n) is 13.0. The third-order valence-corrected chi connectivity index (χ3v) is 6.86. The number of fused-ring (bicyclic) bond motifs is 1. The minimum atomic E-state index is -0.596. The van der Waals surface area contributed by atoms with Crippen molar-refractivity contribution in [3.8, 4) is 23.0 Å². The number of benzene rings is 2. The Labute approximate surface area is 236 Å². The molecule has 2 aromatic carbocycles. The first-order chi connectivity index (χ1) is 19.8. The van der Waals surface area contributed by atoms with E-state index in [1.165, 1.54) is 18.3 Å². The summed E-state index contributed by atoms with van der Waals surface area (Å²) in [5.74, 6) is 0.424. The quantitative estimate of drug-likeness (QED) is 0.285. The van der Waals surface area contributed by atoms with Gasteiger partial charge in [0.05, 0.1) is 37.4 Å². The van der Waals surface area contributed by atoms with E-state index in [1.54, 1.807) is 69.1 Å². The largest absolute Gasteiger partial charge is 0.493 e. The van der Waals surface area contributed by atoms with E-state index in [-0.39, 0.29) is 29.0 Å².